The number of aromatic nitrogens is 1. The van der Waals surface area contributed by atoms with Crippen LogP contribution in [0.1, 0.15) is 44.0 Å². The summed E-state index contributed by atoms with van der Waals surface area (Å²) in [6, 6.07) is 11.9. The lowest BCUT2D eigenvalue weighted by atomic mass is 9.97. The van der Waals surface area contributed by atoms with Crippen LogP contribution in [0, 0.1) is 24.6 Å². The maximum absolute atomic E-state index is 14.0. The van der Waals surface area contributed by atoms with Gasteiger partial charge in [0.15, 0.2) is 0 Å². The fourth-order valence-corrected chi connectivity index (χ4v) is 7.90. The Kier molecular flexibility index (Phi) is 11.9. The number of aryl methyl sites for hydroxylation is 1. The van der Waals surface area contributed by atoms with Gasteiger partial charge in [-0.25, -0.2) is 22.6 Å². The highest BCUT2D eigenvalue weighted by molar-refractivity contribution is 7.89. The van der Waals surface area contributed by atoms with Crippen LogP contribution in [-0.2, 0) is 27.8 Å². The van der Waals surface area contributed by atoms with E-state index in [2.05, 4.69) is 10.3 Å². The monoisotopic (exact) mass is 673 g/mol. The van der Waals surface area contributed by atoms with Gasteiger partial charge >= 0.3 is 6.03 Å². The molecule has 0 spiro atoms. The molecule has 0 saturated carbocycles. The lowest BCUT2D eigenvalue weighted by molar-refractivity contribution is -0.128. The van der Waals surface area contributed by atoms with Crippen molar-refractivity contribution in [3.63, 3.8) is 0 Å². The Balaban J connectivity index is 1.56. The molecule has 1 aliphatic rings. The highest BCUT2D eigenvalue weighted by Crippen LogP contribution is 2.23. The minimum Gasteiger partial charge on any atom is -0.390 e. The van der Waals surface area contributed by atoms with Crippen molar-refractivity contribution in [3.8, 4) is 0 Å². The van der Waals surface area contributed by atoms with Gasteiger partial charge in [-0.3, -0.25) is 4.79 Å². The molecule has 3 aromatic rings. The molecule has 3 atom stereocenters. The largest absolute Gasteiger partial charge is 0.390 e. The lowest BCUT2D eigenvalue weighted by Crippen LogP contribution is -2.57. The third-order valence-corrected chi connectivity index (χ3v) is 10.6. The van der Waals surface area contributed by atoms with Crippen LogP contribution >= 0.6 is 11.3 Å². The van der Waals surface area contributed by atoms with Crippen LogP contribution < -0.4 is 5.32 Å². The molecule has 1 fully saturated rings. The molecule has 2 aromatic carbocycles. The van der Waals surface area contributed by atoms with Gasteiger partial charge in [0, 0.05) is 31.6 Å². The summed E-state index contributed by atoms with van der Waals surface area (Å²) in [5.74, 6) is -1.30. The van der Waals surface area contributed by atoms with E-state index in [1.807, 2.05) is 70.3 Å². The summed E-state index contributed by atoms with van der Waals surface area (Å²) >= 11 is 1.52. The Labute approximate surface area is 275 Å². The number of hydrogen-bond acceptors (Lipinski definition) is 7. The van der Waals surface area contributed by atoms with Crippen LogP contribution in [0.25, 0.3) is 0 Å². The van der Waals surface area contributed by atoms with Gasteiger partial charge in [0.05, 0.1) is 34.3 Å². The predicted octanol–water partition coefficient (Wildman–Crippen LogP) is 4.29. The summed E-state index contributed by atoms with van der Waals surface area (Å²) in [7, 11) is -4.09. The van der Waals surface area contributed by atoms with Gasteiger partial charge in [-0.05, 0) is 55.0 Å². The van der Waals surface area contributed by atoms with Gasteiger partial charge in [0.1, 0.15) is 11.9 Å². The highest BCUT2D eigenvalue weighted by Gasteiger charge is 2.40. The summed E-state index contributed by atoms with van der Waals surface area (Å²) in [5.41, 5.74) is 1.64. The van der Waals surface area contributed by atoms with E-state index in [0.717, 1.165) is 28.4 Å². The minimum atomic E-state index is -4.09. The number of urea groups is 1. The average molecular weight is 674 g/mol. The topological polar surface area (TPSA) is 123 Å². The Morgan fingerprint density at radius 2 is 1.74 bits per heavy atom. The molecule has 10 nitrogen and oxygen atoms in total. The zero-order valence-corrected chi connectivity index (χ0v) is 28.6. The Hall–Kier alpha value is -3.39. The van der Waals surface area contributed by atoms with Crippen LogP contribution in [-0.4, -0.2) is 88.9 Å². The second-order valence-electron chi connectivity index (χ2n) is 12.5. The van der Waals surface area contributed by atoms with Crippen LogP contribution in [0.3, 0.4) is 0 Å². The van der Waals surface area contributed by atoms with E-state index >= 15 is 0 Å². The second kappa shape index (κ2) is 15.5. The van der Waals surface area contributed by atoms with Crippen LogP contribution in [0.5, 0.6) is 0 Å². The first-order valence-corrected chi connectivity index (χ1v) is 17.8. The van der Waals surface area contributed by atoms with Gasteiger partial charge in [-0.15, -0.1) is 11.3 Å². The lowest BCUT2D eigenvalue weighted by Gasteiger charge is -2.34. The minimum absolute atomic E-state index is 0.0766. The fraction of sp³-hybridized carbons (Fsp3) is 0.485. The van der Waals surface area contributed by atoms with E-state index < -0.39 is 39.9 Å². The molecular weight excluding hydrogens is 630 g/mol. The number of benzene rings is 2. The molecule has 2 heterocycles. The number of amides is 3. The predicted molar refractivity (Wildman–Crippen MR) is 176 cm³/mol. The number of carbonyl (C=O) groups is 2. The number of aliphatic hydroxyl groups excluding tert-OH is 1. The van der Waals surface area contributed by atoms with Gasteiger partial charge < -0.3 is 20.2 Å². The molecule has 0 bridgehead atoms. The smallest absolute Gasteiger partial charge is 0.321 e. The number of carbonyl (C=O) groups excluding carboxylic acids is 2. The van der Waals surface area contributed by atoms with Crippen molar-refractivity contribution in [2.75, 3.05) is 26.2 Å². The van der Waals surface area contributed by atoms with Gasteiger partial charge in [-0.1, -0.05) is 58.0 Å². The maximum Gasteiger partial charge on any atom is 0.321 e. The average Bonchev–Trinajstić information content (AvgIpc) is 3.57. The summed E-state index contributed by atoms with van der Waals surface area (Å²) in [5, 5.41) is 17.5. The summed E-state index contributed by atoms with van der Waals surface area (Å²) in [6.07, 6.45) is -1.07. The molecule has 1 aliphatic heterocycles. The first kappa shape index (κ1) is 35.5. The zero-order chi connectivity index (χ0) is 33.6. The van der Waals surface area contributed by atoms with Gasteiger partial charge in [-0.2, -0.15) is 4.31 Å². The fourth-order valence-electron chi connectivity index (χ4n) is 5.68. The summed E-state index contributed by atoms with van der Waals surface area (Å²) in [4.78, 5) is 35.1. The van der Waals surface area contributed by atoms with Crippen molar-refractivity contribution in [2.24, 2.45) is 11.8 Å². The Morgan fingerprint density at radius 3 is 2.33 bits per heavy atom. The van der Waals surface area contributed by atoms with Crippen LogP contribution in [0.15, 0.2) is 64.9 Å². The molecular formula is C33H44FN5O5S2. The van der Waals surface area contributed by atoms with Crippen molar-refractivity contribution in [3.05, 3.63) is 82.1 Å². The molecule has 0 radical (unpaired) electrons. The highest BCUT2D eigenvalue weighted by atomic mass is 32.2. The van der Waals surface area contributed by atoms with Crippen LogP contribution in [0.2, 0.25) is 0 Å². The standard InChI is InChI=1S/C33H44FN5O5S2/c1-22(2)18-38(46(43,44)28-13-11-26(34)12-14-28)20-30(40)29(17-25-9-7-6-8-10-25)36-32(41)31(23(3)4)39-16-15-37(33(39)42)19-27-21-45-24(5)35-27/h6-14,21-23,29-31,40H,15-20H2,1-5H3,(H,36,41)/t29-,30+,31?/m0/s1. The first-order valence-electron chi connectivity index (χ1n) is 15.5. The Bertz CT molecular complexity index is 1570. The van der Waals surface area contributed by atoms with E-state index in [-0.39, 0.29) is 42.3 Å². The normalized spacial score (nSPS) is 16.0. The SMILES string of the molecule is Cc1nc(CN2CCN(C(C(=O)N[C@@H](Cc3ccccc3)[C@H](O)CN(CC(C)C)S(=O)(=O)c3ccc(F)cc3)C(C)C)C2=O)cs1. The van der Waals surface area contributed by atoms with Crippen molar-refractivity contribution >= 4 is 33.3 Å². The number of sulfonamides is 1. The van der Waals surface area contributed by atoms with E-state index in [0.29, 0.717) is 19.6 Å². The van der Waals surface area contributed by atoms with Crippen molar-refractivity contribution < 1.29 is 27.5 Å². The molecule has 0 aliphatic carbocycles. The number of hydrogen-bond donors (Lipinski definition) is 2. The summed E-state index contributed by atoms with van der Waals surface area (Å²) < 4.78 is 42.1. The molecule has 250 valence electrons. The number of thiazole rings is 1. The summed E-state index contributed by atoms with van der Waals surface area (Å²) in [6.45, 7) is 10.3. The first-order chi connectivity index (χ1) is 21.8. The maximum atomic E-state index is 14.0. The van der Waals surface area contributed by atoms with Crippen molar-refractivity contribution in [1.29, 1.82) is 0 Å². The number of rotatable bonds is 15. The third kappa shape index (κ3) is 8.90. The quantitative estimate of drug-likeness (QED) is 0.248. The van der Waals surface area contributed by atoms with E-state index in [4.69, 9.17) is 0 Å². The second-order valence-corrected chi connectivity index (χ2v) is 15.5. The molecule has 3 amide bonds. The van der Waals surface area contributed by atoms with Crippen molar-refractivity contribution in [2.45, 2.75) is 70.7 Å². The zero-order valence-electron chi connectivity index (χ0n) is 27.0. The molecule has 13 heteroatoms. The third-order valence-electron chi connectivity index (χ3n) is 7.88. The molecule has 46 heavy (non-hydrogen) atoms. The number of nitrogens with one attached hydrogen (secondary N) is 1. The molecule has 1 unspecified atom stereocenters. The molecule has 4 rings (SSSR count). The van der Waals surface area contributed by atoms with E-state index in [1.54, 1.807) is 9.80 Å². The van der Waals surface area contributed by atoms with Crippen molar-refractivity contribution in [1.82, 2.24) is 24.4 Å². The number of halogens is 1. The van der Waals surface area contributed by atoms with E-state index in [9.17, 15) is 27.5 Å². The van der Waals surface area contributed by atoms with Crippen LogP contribution in [0.4, 0.5) is 9.18 Å². The number of nitrogens with zero attached hydrogens (tertiary/aromatic N) is 4. The molecule has 2 N–H and O–H groups in total. The van der Waals surface area contributed by atoms with Gasteiger partial charge in [0.2, 0.25) is 15.9 Å². The van der Waals surface area contributed by atoms with E-state index in [1.165, 1.54) is 27.8 Å². The molecule has 1 aromatic heterocycles. The molecule has 1 saturated heterocycles. The Morgan fingerprint density at radius 1 is 1.07 bits per heavy atom. The van der Waals surface area contributed by atoms with Gasteiger partial charge in [0.25, 0.3) is 0 Å². The number of aliphatic hydroxyl groups is 1.